The number of benzene rings is 1. The topological polar surface area (TPSA) is 95.1 Å². The van der Waals surface area contributed by atoms with Gasteiger partial charge in [-0.05, 0) is 42.5 Å². The number of carboxylic acids is 1. The zero-order chi connectivity index (χ0) is 21.9. The number of carbonyl (C=O) groups excluding carboxylic acids is 1. The number of aromatic amines is 1. The van der Waals surface area contributed by atoms with E-state index in [2.05, 4.69) is 15.3 Å². The van der Waals surface area contributed by atoms with Gasteiger partial charge in [-0.1, -0.05) is 0 Å². The molecule has 1 amide bonds. The number of nitrogens with one attached hydrogen (secondary N) is 2. The standard InChI is InChI=1S/C18H14FN3O.C2HF3O2/c19-13-3-1-11(2-4-13)16-9-12(5-7-20-16)17-10-14-15(22-17)6-8-21-18(14)23;3-2(4,5)1(6)7/h1-5,7,9-10,22H,6,8H2,(H,21,23);(H,6,7). The number of pyridine rings is 1. The Morgan fingerprint density at radius 2 is 1.73 bits per heavy atom. The Morgan fingerprint density at radius 1 is 1.07 bits per heavy atom. The lowest BCUT2D eigenvalue weighted by Gasteiger charge is -2.10. The van der Waals surface area contributed by atoms with Gasteiger partial charge in [0.15, 0.2) is 0 Å². The van der Waals surface area contributed by atoms with E-state index in [-0.39, 0.29) is 11.7 Å². The number of hydrogen-bond donors (Lipinski definition) is 3. The predicted octanol–water partition coefficient (Wildman–Crippen LogP) is 3.80. The Kier molecular flexibility index (Phi) is 5.86. The highest BCUT2D eigenvalue weighted by molar-refractivity contribution is 5.97. The van der Waals surface area contributed by atoms with E-state index in [1.54, 1.807) is 18.3 Å². The summed E-state index contributed by atoms with van der Waals surface area (Å²) in [5, 5.41) is 9.96. The molecule has 0 atom stereocenters. The average Bonchev–Trinajstić information content (AvgIpc) is 3.14. The lowest BCUT2D eigenvalue weighted by molar-refractivity contribution is -0.192. The predicted molar refractivity (Wildman–Crippen MR) is 99.1 cm³/mol. The molecule has 0 spiro atoms. The van der Waals surface area contributed by atoms with Crippen LogP contribution >= 0.6 is 0 Å². The fourth-order valence-corrected chi connectivity index (χ4v) is 2.83. The van der Waals surface area contributed by atoms with Crippen molar-refractivity contribution < 1.29 is 32.3 Å². The maximum Gasteiger partial charge on any atom is 0.490 e. The van der Waals surface area contributed by atoms with Crippen LogP contribution in [0.3, 0.4) is 0 Å². The van der Waals surface area contributed by atoms with E-state index >= 15 is 0 Å². The number of aromatic nitrogens is 2. The van der Waals surface area contributed by atoms with E-state index in [0.717, 1.165) is 34.6 Å². The molecule has 1 aliphatic rings. The van der Waals surface area contributed by atoms with Crippen LogP contribution in [0.25, 0.3) is 22.5 Å². The summed E-state index contributed by atoms with van der Waals surface area (Å²) < 4.78 is 44.8. The van der Waals surface area contributed by atoms with Gasteiger partial charge in [0.05, 0.1) is 11.3 Å². The van der Waals surface area contributed by atoms with Crippen LogP contribution in [0.5, 0.6) is 0 Å². The first-order valence-corrected chi connectivity index (χ1v) is 8.67. The summed E-state index contributed by atoms with van der Waals surface area (Å²) in [5.41, 5.74) is 5.11. The smallest absolute Gasteiger partial charge is 0.475 e. The van der Waals surface area contributed by atoms with Crippen LogP contribution in [0.1, 0.15) is 16.1 Å². The van der Waals surface area contributed by atoms with Crippen molar-refractivity contribution in [1.82, 2.24) is 15.3 Å². The van der Waals surface area contributed by atoms with E-state index in [4.69, 9.17) is 9.90 Å². The first-order chi connectivity index (χ1) is 14.1. The molecule has 0 bridgehead atoms. The number of nitrogens with zero attached hydrogens (tertiary/aromatic N) is 1. The molecule has 30 heavy (non-hydrogen) atoms. The third-order valence-electron chi connectivity index (χ3n) is 4.26. The van der Waals surface area contributed by atoms with Gasteiger partial charge in [-0.3, -0.25) is 9.78 Å². The molecule has 1 aliphatic heterocycles. The molecule has 3 heterocycles. The zero-order valence-corrected chi connectivity index (χ0v) is 15.3. The number of fused-ring (bicyclic) bond motifs is 1. The molecule has 1 aromatic carbocycles. The number of carbonyl (C=O) groups is 2. The van der Waals surface area contributed by atoms with E-state index in [1.807, 2.05) is 18.2 Å². The average molecular weight is 421 g/mol. The SMILES string of the molecule is O=C(O)C(F)(F)F.O=C1NCCc2[nH]c(-c3ccnc(-c4ccc(F)cc4)c3)cc21. The third-order valence-corrected chi connectivity index (χ3v) is 4.26. The molecule has 0 radical (unpaired) electrons. The largest absolute Gasteiger partial charge is 0.490 e. The molecule has 0 fully saturated rings. The van der Waals surface area contributed by atoms with Crippen molar-refractivity contribution in [2.75, 3.05) is 6.54 Å². The minimum absolute atomic E-state index is 0.0402. The maximum atomic E-state index is 13.1. The Hall–Kier alpha value is -3.69. The van der Waals surface area contributed by atoms with Crippen LogP contribution in [0.4, 0.5) is 17.6 Å². The molecule has 0 unspecified atom stereocenters. The van der Waals surface area contributed by atoms with Crippen LogP contribution < -0.4 is 5.32 Å². The van der Waals surface area contributed by atoms with Crippen LogP contribution in [0, 0.1) is 5.82 Å². The Bertz CT molecular complexity index is 1080. The van der Waals surface area contributed by atoms with Gasteiger partial charge in [-0.25, -0.2) is 9.18 Å². The first kappa shape index (κ1) is 21.0. The monoisotopic (exact) mass is 421 g/mol. The van der Waals surface area contributed by atoms with Crippen molar-refractivity contribution in [1.29, 1.82) is 0 Å². The van der Waals surface area contributed by atoms with Crippen molar-refractivity contribution in [3.05, 3.63) is 65.7 Å². The molecule has 3 aromatic rings. The van der Waals surface area contributed by atoms with Crippen molar-refractivity contribution in [3.8, 4) is 22.5 Å². The van der Waals surface area contributed by atoms with Crippen LogP contribution in [-0.4, -0.2) is 39.7 Å². The number of H-pyrrole nitrogens is 1. The number of hydrogen-bond acceptors (Lipinski definition) is 3. The highest BCUT2D eigenvalue weighted by atomic mass is 19.4. The molecule has 0 aliphatic carbocycles. The van der Waals surface area contributed by atoms with Gasteiger partial charge in [0, 0.05) is 41.7 Å². The van der Waals surface area contributed by atoms with Gasteiger partial charge < -0.3 is 15.4 Å². The van der Waals surface area contributed by atoms with Crippen LogP contribution in [0.15, 0.2) is 48.7 Å². The van der Waals surface area contributed by atoms with Crippen molar-refractivity contribution in [2.24, 2.45) is 0 Å². The van der Waals surface area contributed by atoms with Crippen molar-refractivity contribution in [2.45, 2.75) is 12.6 Å². The van der Waals surface area contributed by atoms with Crippen molar-refractivity contribution in [3.63, 3.8) is 0 Å². The molecule has 156 valence electrons. The second-order valence-electron chi connectivity index (χ2n) is 6.32. The highest BCUT2D eigenvalue weighted by Crippen LogP contribution is 2.27. The summed E-state index contributed by atoms with van der Waals surface area (Å²) in [7, 11) is 0. The lowest BCUT2D eigenvalue weighted by atomic mass is 10.1. The quantitative estimate of drug-likeness (QED) is 0.549. The van der Waals surface area contributed by atoms with Gasteiger partial charge in [0.1, 0.15) is 5.82 Å². The number of amides is 1. The van der Waals surface area contributed by atoms with Crippen LogP contribution in [-0.2, 0) is 11.2 Å². The van der Waals surface area contributed by atoms with E-state index < -0.39 is 12.1 Å². The lowest BCUT2D eigenvalue weighted by Crippen LogP contribution is -2.31. The summed E-state index contributed by atoms with van der Waals surface area (Å²) in [6, 6.07) is 11.9. The molecule has 0 saturated heterocycles. The van der Waals surface area contributed by atoms with E-state index in [0.29, 0.717) is 12.1 Å². The third kappa shape index (κ3) is 4.83. The molecular formula is C20H15F4N3O3. The van der Waals surface area contributed by atoms with Gasteiger partial charge >= 0.3 is 12.1 Å². The maximum absolute atomic E-state index is 13.1. The Balaban J connectivity index is 0.000000318. The summed E-state index contributed by atoms with van der Waals surface area (Å²) in [6.07, 6.45) is -2.56. The molecule has 0 saturated carbocycles. The van der Waals surface area contributed by atoms with Gasteiger partial charge in [-0.2, -0.15) is 13.2 Å². The number of alkyl halides is 3. The van der Waals surface area contributed by atoms with Gasteiger partial charge in [0.2, 0.25) is 0 Å². The highest BCUT2D eigenvalue weighted by Gasteiger charge is 2.38. The molecule has 3 N–H and O–H groups in total. The second-order valence-corrected chi connectivity index (χ2v) is 6.32. The summed E-state index contributed by atoms with van der Waals surface area (Å²) in [4.78, 5) is 28.4. The van der Waals surface area contributed by atoms with Crippen LogP contribution in [0.2, 0.25) is 0 Å². The fraction of sp³-hybridized carbons (Fsp3) is 0.150. The number of rotatable bonds is 2. The molecule has 6 nitrogen and oxygen atoms in total. The summed E-state index contributed by atoms with van der Waals surface area (Å²) in [5.74, 6) is -3.07. The number of halogens is 4. The van der Waals surface area contributed by atoms with Gasteiger partial charge in [-0.15, -0.1) is 0 Å². The molecule has 2 aromatic heterocycles. The Labute approximate surface area is 167 Å². The summed E-state index contributed by atoms with van der Waals surface area (Å²) >= 11 is 0. The number of aliphatic carboxylic acids is 1. The normalized spacial score (nSPS) is 13.0. The van der Waals surface area contributed by atoms with E-state index in [9.17, 15) is 22.4 Å². The van der Waals surface area contributed by atoms with Gasteiger partial charge in [0.25, 0.3) is 5.91 Å². The molecule has 10 heteroatoms. The molecular weight excluding hydrogens is 406 g/mol. The van der Waals surface area contributed by atoms with Crippen molar-refractivity contribution >= 4 is 11.9 Å². The summed E-state index contributed by atoms with van der Waals surface area (Å²) in [6.45, 7) is 0.656. The minimum Gasteiger partial charge on any atom is -0.475 e. The minimum atomic E-state index is -5.08. The van der Waals surface area contributed by atoms with E-state index in [1.165, 1.54) is 12.1 Å². The number of carboxylic acid groups (broad SMARTS) is 1. The fourth-order valence-electron chi connectivity index (χ4n) is 2.83. The zero-order valence-electron chi connectivity index (χ0n) is 15.3. The second kappa shape index (κ2) is 8.36. The Morgan fingerprint density at radius 3 is 2.33 bits per heavy atom. The molecule has 4 rings (SSSR count). The first-order valence-electron chi connectivity index (χ1n) is 8.67.